The van der Waals surface area contributed by atoms with E-state index in [1.54, 1.807) is 17.9 Å². The van der Waals surface area contributed by atoms with Crippen molar-refractivity contribution in [2.75, 3.05) is 31.1 Å². The van der Waals surface area contributed by atoms with Gasteiger partial charge in [0.15, 0.2) is 6.35 Å². The number of rotatable bonds is 4. The maximum Gasteiger partial charge on any atom is 0.243 e. The lowest BCUT2D eigenvalue weighted by Crippen LogP contribution is -2.50. The number of anilines is 1. The molecule has 1 aromatic carbocycles. The van der Waals surface area contributed by atoms with E-state index in [4.69, 9.17) is 0 Å². The van der Waals surface area contributed by atoms with Crippen LogP contribution in [0.4, 0.5) is 10.1 Å². The van der Waals surface area contributed by atoms with Crippen molar-refractivity contribution in [1.82, 2.24) is 15.5 Å². The van der Waals surface area contributed by atoms with Crippen LogP contribution in [0.15, 0.2) is 18.2 Å². The van der Waals surface area contributed by atoms with E-state index in [1.807, 2.05) is 6.92 Å². The number of nitrogens with one attached hydrogen (secondary N) is 2. The molecular weight excluding hydrogens is 339 g/mol. The number of amides is 2. The predicted octanol–water partition coefficient (Wildman–Crippen LogP) is 0.317. The molecular formula is C18H25FN4O3. The Hall–Kier alpha value is -2.19. The molecule has 3 rings (SSSR count). The van der Waals surface area contributed by atoms with E-state index in [0.29, 0.717) is 32.6 Å². The number of carbonyl (C=O) groups excluding carboxylic acids is 2. The minimum atomic E-state index is -1.07. The number of aryl methyl sites for hydroxylation is 1. The third-order valence-electron chi connectivity index (χ3n) is 5.21. The van der Waals surface area contributed by atoms with E-state index in [-0.39, 0.29) is 24.1 Å². The van der Waals surface area contributed by atoms with E-state index in [0.717, 1.165) is 11.3 Å². The summed E-state index contributed by atoms with van der Waals surface area (Å²) < 4.78 is 13.5. The molecule has 3 N–H and O–H groups in total. The lowest BCUT2D eigenvalue weighted by atomic mass is 9.96. The number of aliphatic hydroxyl groups is 1. The first-order valence-electron chi connectivity index (χ1n) is 8.84. The number of nitrogens with zero attached hydrogens (tertiary/aromatic N) is 2. The number of hydrogen-bond acceptors (Lipinski definition) is 5. The van der Waals surface area contributed by atoms with E-state index >= 15 is 0 Å². The molecule has 0 saturated carbocycles. The quantitative estimate of drug-likeness (QED) is 0.716. The fraction of sp³-hybridized carbons (Fsp3) is 0.556. The Labute approximate surface area is 152 Å². The molecule has 2 aliphatic rings. The Balaban J connectivity index is 1.52. The average Bonchev–Trinajstić information content (AvgIpc) is 2.87. The second-order valence-corrected chi connectivity index (χ2v) is 7.15. The number of benzene rings is 1. The molecule has 0 radical (unpaired) electrons. The predicted molar refractivity (Wildman–Crippen MR) is 94.9 cm³/mol. The monoisotopic (exact) mass is 364 g/mol. The SMILES string of the molecule is Cc1ccc(F)cc1N1CCN(C(=O)CCC2(C)NC(O)NC2=O)CC1. The molecule has 1 aromatic rings. The summed E-state index contributed by atoms with van der Waals surface area (Å²) in [5, 5.41) is 14.6. The van der Waals surface area contributed by atoms with Crippen molar-refractivity contribution in [3.8, 4) is 0 Å². The van der Waals surface area contributed by atoms with Crippen LogP contribution in [0, 0.1) is 12.7 Å². The van der Waals surface area contributed by atoms with Crippen molar-refractivity contribution < 1.29 is 19.1 Å². The molecule has 7 nitrogen and oxygen atoms in total. The molecule has 0 spiro atoms. The molecule has 2 aliphatic heterocycles. The average molecular weight is 364 g/mol. The topological polar surface area (TPSA) is 84.9 Å². The number of piperazine rings is 1. The molecule has 2 saturated heterocycles. The van der Waals surface area contributed by atoms with Crippen LogP contribution < -0.4 is 15.5 Å². The molecule has 2 atom stereocenters. The lowest BCUT2D eigenvalue weighted by molar-refractivity contribution is -0.132. The van der Waals surface area contributed by atoms with Gasteiger partial charge in [-0.1, -0.05) is 6.07 Å². The summed E-state index contributed by atoms with van der Waals surface area (Å²) in [4.78, 5) is 28.2. The normalized spacial score (nSPS) is 26.2. The zero-order valence-corrected chi connectivity index (χ0v) is 15.1. The second kappa shape index (κ2) is 7.20. The third kappa shape index (κ3) is 3.81. The van der Waals surface area contributed by atoms with Gasteiger partial charge in [0.05, 0.1) is 5.54 Å². The maximum atomic E-state index is 13.5. The van der Waals surface area contributed by atoms with Crippen LogP contribution in [0.25, 0.3) is 0 Å². The zero-order chi connectivity index (χ0) is 18.9. The van der Waals surface area contributed by atoms with Crippen molar-refractivity contribution >= 4 is 17.5 Å². The van der Waals surface area contributed by atoms with Crippen LogP contribution in [0.2, 0.25) is 0 Å². The van der Waals surface area contributed by atoms with E-state index < -0.39 is 11.9 Å². The molecule has 0 bridgehead atoms. The Morgan fingerprint density at radius 3 is 2.65 bits per heavy atom. The van der Waals surface area contributed by atoms with Crippen LogP contribution in [-0.2, 0) is 9.59 Å². The highest BCUT2D eigenvalue weighted by Crippen LogP contribution is 2.23. The van der Waals surface area contributed by atoms with E-state index in [1.165, 1.54) is 12.1 Å². The van der Waals surface area contributed by atoms with Crippen LogP contribution >= 0.6 is 0 Å². The number of aliphatic hydroxyl groups excluding tert-OH is 1. The molecule has 0 aromatic heterocycles. The number of carbonyl (C=O) groups is 2. The lowest BCUT2D eigenvalue weighted by Gasteiger charge is -2.37. The van der Waals surface area contributed by atoms with Crippen molar-refractivity contribution in [2.45, 2.75) is 38.6 Å². The Morgan fingerprint density at radius 1 is 1.35 bits per heavy atom. The van der Waals surface area contributed by atoms with Crippen molar-refractivity contribution in [1.29, 1.82) is 0 Å². The summed E-state index contributed by atoms with van der Waals surface area (Å²) in [5.74, 6) is -0.580. The molecule has 2 unspecified atom stereocenters. The van der Waals surface area contributed by atoms with Gasteiger partial charge in [0.2, 0.25) is 11.8 Å². The van der Waals surface area contributed by atoms with Crippen LogP contribution in [0.3, 0.4) is 0 Å². The smallest absolute Gasteiger partial charge is 0.243 e. The number of halogens is 1. The van der Waals surface area contributed by atoms with Gasteiger partial charge in [-0.2, -0.15) is 0 Å². The van der Waals surface area contributed by atoms with Crippen molar-refractivity contribution in [2.24, 2.45) is 0 Å². The molecule has 2 amide bonds. The largest absolute Gasteiger partial charge is 0.368 e. The van der Waals surface area contributed by atoms with Gasteiger partial charge in [0.1, 0.15) is 5.82 Å². The maximum absolute atomic E-state index is 13.5. The first kappa shape index (κ1) is 18.6. The third-order valence-corrected chi connectivity index (χ3v) is 5.21. The first-order valence-corrected chi connectivity index (χ1v) is 8.84. The minimum Gasteiger partial charge on any atom is -0.368 e. The van der Waals surface area contributed by atoms with Crippen molar-refractivity contribution in [3.63, 3.8) is 0 Å². The highest BCUT2D eigenvalue weighted by molar-refractivity contribution is 5.89. The summed E-state index contributed by atoms with van der Waals surface area (Å²) in [6, 6.07) is 4.74. The summed E-state index contributed by atoms with van der Waals surface area (Å²) >= 11 is 0. The standard InChI is InChI=1S/C18H25FN4O3/c1-12-3-4-13(19)11-14(12)22-7-9-23(10-8-22)15(24)5-6-18(2)16(25)20-17(26)21-18/h3-4,11,17,21,26H,5-10H2,1-2H3,(H,20,25). The first-order chi connectivity index (χ1) is 12.3. The molecule has 142 valence electrons. The van der Waals surface area contributed by atoms with Gasteiger partial charge < -0.3 is 20.2 Å². The van der Waals surface area contributed by atoms with Gasteiger partial charge in [0, 0.05) is 38.3 Å². The van der Waals surface area contributed by atoms with Crippen LogP contribution in [0.1, 0.15) is 25.3 Å². The van der Waals surface area contributed by atoms with Crippen LogP contribution in [-0.4, -0.2) is 59.9 Å². The molecule has 0 aliphatic carbocycles. The zero-order valence-electron chi connectivity index (χ0n) is 15.1. The fourth-order valence-electron chi connectivity index (χ4n) is 3.51. The number of hydrogen-bond donors (Lipinski definition) is 3. The highest BCUT2D eigenvalue weighted by atomic mass is 19.1. The fourth-order valence-corrected chi connectivity index (χ4v) is 3.51. The Bertz CT molecular complexity index is 706. The van der Waals surface area contributed by atoms with Crippen LogP contribution in [0.5, 0.6) is 0 Å². The Kier molecular flexibility index (Phi) is 5.15. The van der Waals surface area contributed by atoms with Gasteiger partial charge in [-0.05, 0) is 38.0 Å². The molecule has 2 heterocycles. The van der Waals surface area contributed by atoms with Gasteiger partial charge in [-0.3, -0.25) is 14.9 Å². The van der Waals surface area contributed by atoms with Gasteiger partial charge >= 0.3 is 0 Å². The molecule has 26 heavy (non-hydrogen) atoms. The molecule has 2 fully saturated rings. The summed E-state index contributed by atoms with van der Waals surface area (Å²) in [7, 11) is 0. The minimum absolute atomic E-state index is 0.0159. The van der Waals surface area contributed by atoms with Gasteiger partial charge in [-0.15, -0.1) is 0 Å². The summed E-state index contributed by atoms with van der Waals surface area (Å²) in [5.41, 5.74) is 0.941. The highest BCUT2D eigenvalue weighted by Gasteiger charge is 2.42. The van der Waals surface area contributed by atoms with E-state index in [2.05, 4.69) is 15.5 Å². The van der Waals surface area contributed by atoms with Gasteiger partial charge in [0.25, 0.3) is 0 Å². The second-order valence-electron chi connectivity index (χ2n) is 7.15. The summed E-state index contributed by atoms with van der Waals surface area (Å²) in [6.45, 7) is 6.04. The molecule has 8 heteroatoms. The Morgan fingerprint density at radius 2 is 2.04 bits per heavy atom. The van der Waals surface area contributed by atoms with Crippen molar-refractivity contribution in [3.05, 3.63) is 29.6 Å². The van der Waals surface area contributed by atoms with Gasteiger partial charge in [-0.25, -0.2) is 4.39 Å². The summed E-state index contributed by atoms with van der Waals surface area (Å²) in [6.07, 6.45) is -0.527. The van der Waals surface area contributed by atoms with E-state index in [9.17, 15) is 19.1 Å².